The topological polar surface area (TPSA) is 111 Å². The average molecular weight is 440 g/mol. The number of nitrogens with zero attached hydrogens (tertiary/aromatic N) is 1. The van der Waals surface area contributed by atoms with Gasteiger partial charge in [-0.05, 0) is 49.4 Å². The fraction of sp³-hybridized carbons (Fsp3) is 0.0909. The van der Waals surface area contributed by atoms with E-state index in [0.717, 1.165) is 6.07 Å². The van der Waals surface area contributed by atoms with Crippen molar-refractivity contribution in [3.8, 4) is 11.5 Å². The molecule has 8 nitrogen and oxygen atoms in total. The number of amides is 2. The van der Waals surface area contributed by atoms with E-state index in [1.165, 1.54) is 25.1 Å². The Hall–Kier alpha value is -3.91. The monoisotopic (exact) mass is 439 g/mol. The summed E-state index contributed by atoms with van der Waals surface area (Å²) in [5.74, 6) is 0.0185. The molecule has 2 amide bonds. The van der Waals surface area contributed by atoms with Crippen molar-refractivity contribution in [2.45, 2.75) is 13.0 Å². The second kappa shape index (κ2) is 9.73. The molecule has 1 atom stereocenters. The number of rotatable bonds is 7. The van der Waals surface area contributed by atoms with E-state index < -0.39 is 22.8 Å². The van der Waals surface area contributed by atoms with Crippen LogP contribution in [0, 0.1) is 10.1 Å². The van der Waals surface area contributed by atoms with Crippen LogP contribution in [0.3, 0.4) is 0 Å². The molecule has 0 fully saturated rings. The lowest BCUT2D eigenvalue weighted by Gasteiger charge is -2.14. The number of halogens is 1. The smallest absolute Gasteiger partial charge is 0.270 e. The van der Waals surface area contributed by atoms with Crippen molar-refractivity contribution in [3.05, 3.63) is 93.5 Å². The second-order valence-electron chi connectivity index (χ2n) is 6.55. The fourth-order valence-corrected chi connectivity index (χ4v) is 2.79. The molecule has 0 radical (unpaired) electrons. The zero-order valence-corrected chi connectivity index (χ0v) is 17.1. The van der Waals surface area contributed by atoms with Gasteiger partial charge in [0.15, 0.2) is 0 Å². The molecule has 0 aliphatic heterocycles. The van der Waals surface area contributed by atoms with Crippen LogP contribution in [0.2, 0.25) is 5.02 Å². The normalized spacial score (nSPS) is 11.3. The molecule has 3 rings (SSSR count). The Labute approximate surface area is 182 Å². The minimum Gasteiger partial charge on any atom is -0.456 e. The van der Waals surface area contributed by atoms with Crippen LogP contribution in [-0.2, 0) is 4.79 Å². The summed E-state index contributed by atoms with van der Waals surface area (Å²) >= 11 is 6.07. The number of non-ortho nitro benzene ring substituents is 1. The van der Waals surface area contributed by atoms with E-state index in [1.54, 1.807) is 48.5 Å². The van der Waals surface area contributed by atoms with Crippen molar-refractivity contribution in [1.82, 2.24) is 5.32 Å². The van der Waals surface area contributed by atoms with Gasteiger partial charge in [0.2, 0.25) is 5.91 Å². The first-order valence-corrected chi connectivity index (χ1v) is 9.60. The van der Waals surface area contributed by atoms with Crippen molar-refractivity contribution < 1.29 is 19.2 Å². The number of para-hydroxylation sites is 1. The summed E-state index contributed by atoms with van der Waals surface area (Å²) < 4.78 is 5.70. The summed E-state index contributed by atoms with van der Waals surface area (Å²) in [5, 5.41) is 16.5. The van der Waals surface area contributed by atoms with Crippen molar-refractivity contribution in [2.75, 3.05) is 5.32 Å². The summed E-state index contributed by atoms with van der Waals surface area (Å²) in [5.41, 5.74) is 0.395. The first-order valence-electron chi connectivity index (χ1n) is 9.22. The van der Waals surface area contributed by atoms with Crippen LogP contribution in [0.4, 0.5) is 11.4 Å². The van der Waals surface area contributed by atoms with Crippen LogP contribution >= 0.6 is 11.6 Å². The molecule has 158 valence electrons. The van der Waals surface area contributed by atoms with E-state index in [9.17, 15) is 19.7 Å². The molecular formula is C22H18ClN3O5. The molecule has 0 aromatic heterocycles. The lowest BCUT2D eigenvalue weighted by Crippen LogP contribution is -2.41. The van der Waals surface area contributed by atoms with Crippen LogP contribution in [0.25, 0.3) is 0 Å². The third kappa shape index (κ3) is 5.80. The number of hydrogen-bond donors (Lipinski definition) is 2. The van der Waals surface area contributed by atoms with Gasteiger partial charge in [0.25, 0.3) is 11.6 Å². The van der Waals surface area contributed by atoms with Crippen molar-refractivity contribution in [3.63, 3.8) is 0 Å². The Balaban J connectivity index is 1.58. The molecule has 2 N–H and O–H groups in total. The second-order valence-corrected chi connectivity index (χ2v) is 6.96. The molecule has 0 bridgehead atoms. The van der Waals surface area contributed by atoms with E-state index in [4.69, 9.17) is 16.3 Å². The number of nitro groups is 1. The molecule has 9 heteroatoms. The summed E-state index contributed by atoms with van der Waals surface area (Å²) in [6.07, 6.45) is 0. The lowest BCUT2D eigenvalue weighted by atomic mass is 10.1. The van der Waals surface area contributed by atoms with Gasteiger partial charge in [-0.3, -0.25) is 19.7 Å². The van der Waals surface area contributed by atoms with Gasteiger partial charge < -0.3 is 15.4 Å². The highest BCUT2D eigenvalue weighted by molar-refractivity contribution is 6.32. The van der Waals surface area contributed by atoms with E-state index in [2.05, 4.69) is 10.6 Å². The fourth-order valence-electron chi connectivity index (χ4n) is 2.62. The number of nitro benzene ring substituents is 1. The van der Waals surface area contributed by atoms with Crippen LogP contribution in [0.5, 0.6) is 11.5 Å². The van der Waals surface area contributed by atoms with Gasteiger partial charge in [-0.2, -0.15) is 0 Å². The Morgan fingerprint density at radius 1 is 1.03 bits per heavy atom. The molecule has 31 heavy (non-hydrogen) atoms. The van der Waals surface area contributed by atoms with Crippen LogP contribution < -0.4 is 15.4 Å². The van der Waals surface area contributed by atoms with E-state index in [0.29, 0.717) is 22.2 Å². The van der Waals surface area contributed by atoms with E-state index >= 15 is 0 Å². The van der Waals surface area contributed by atoms with Crippen molar-refractivity contribution >= 4 is 34.8 Å². The highest BCUT2D eigenvalue weighted by atomic mass is 35.5. The maximum atomic E-state index is 12.4. The zero-order chi connectivity index (χ0) is 22.4. The third-order valence-electron chi connectivity index (χ3n) is 4.25. The summed E-state index contributed by atoms with van der Waals surface area (Å²) in [4.78, 5) is 34.9. The van der Waals surface area contributed by atoms with Gasteiger partial charge in [-0.25, -0.2) is 0 Å². The number of nitrogens with one attached hydrogen (secondary N) is 2. The van der Waals surface area contributed by atoms with Gasteiger partial charge in [-0.1, -0.05) is 29.8 Å². The Morgan fingerprint density at radius 3 is 2.42 bits per heavy atom. The largest absolute Gasteiger partial charge is 0.456 e. The highest BCUT2D eigenvalue weighted by Crippen LogP contribution is 2.29. The standard InChI is InChI=1S/C22H18ClN3O5/c1-14(24-22(28)15-5-4-6-17(13-15)26(29)30)21(27)25-16-9-11-18(12-10-16)31-20-8-3-2-7-19(20)23/h2-14H,1H3,(H,24,28)(H,25,27)/t14-/m0/s1. The summed E-state index contributed by atoms with van der Waals surface area (Å²) in [6, 6.07) is 18.1. The quantitative estimate of drug-likeness (QED) is 0.406. The predicted molar refractivity (Wildman–Crippen MR) is 117 cm³/mol. The van der Waals surface area contributed by atoms with E-state index in [-0.39, 0.29) is 11.3 Å². The first kappa shape index (κ1) is 21.8. The molecule has 0 saturated carbocycles. The van der Waals surface area contributed by atoms with Crippen molar-refractivity contribution in [2.24, 2.45) is 0 Å². The Kier molecular flexibility index (Phi) is 6.84. The van der Waals surface area contributed by atoms with E-state index in [1.807, 2.05) is 0 Å². The molecule has 0 spiro atoms. The van der Waals surface area contributed by atoms with Crippen molar-refractivity contribution in [1.29, 1.82) is 0 Å². The number of hydrogen-bond acceptors (Lipinski definition) is 5. The number of ether oxygens (including phenoxy) is 1. The zero-order valence-electron chi connectivity index (χ0n) is 16.4. The van der Waals surface area contributed by atoms with Crippen LogP contribution in [0.1, 0.15) is 17.3 Å². The minimum absolute atomic E-state index is 0.0925. The van der Waals surface area contributed by atoms with Crippen LogP contribution in [-0.4, -0.2) is 22.8 Å². The number of carbonyl (C=O) groups is 2. The van der Waals surface area contributed by atoms with Gasteiger partial charge >= 0.3 is 0 Å². The number of benzene rings is 3. The summed E-state index contributed by atoms with van der Waals surface area (Å²) in [6.45, 7) is 1.51. The SMILES string of the molecule is C[C@H](NC(=O)c1cccc([N+](=O)[O-])c1)C(=O)Nc1ccc(Oc2ccccc2Cl)cc1. The molecule has 0 heterocycles. The highest BCUT2D eigenvalue weighted by Gasteiger charge is 2.18. The van der Waals surface area contributed by atoms with Crippen LogP contribution in [0.15, 0.2) is 72.8 Å². The maximum absolute atomic E-state index is 12.4. The molecule has 0 saturated heterocycles. The molecule has 0 unspecified atom stereocenters. The van der Waals surface area contributed by atoms with Gasteiger partial charge in [0, 0.05) is 23.4 Å². The minimum atomic E-state index is -0.870. The average Bonchev–Trinajstić information content (AvgIpc) is 2.76. The Bertz CT molecular complexity index is 1120. The van der Waals surface area contributed by atoms with Gasteiger partial charge in [-0.15, -0.1) is 0 Å². The lowest BCUT2D eigenvalue weighted by molar-refractivity contribution is -0.384. The molecule has 0 aliphatic carbocycles. The molecule has 3 aromatic carbocycles. The predicted octanol–water partition coefficient (Wildman–Crippen LogP) is 4.80. The molecular weight excluding hydrogens is 422 g/mol. The third-order valence-corrected chi connectivity index (χ3v) is 4.56. The van der Waals surface area contributed by atoms with Gasteiger partial charge in [0.1, 0.15) is 17.5 Å². The maximum Gasteiger partial charge on any atom is 0.270 e. The number of carbonyl (C=O) groups excluding carboxylic acids is 2. The Morgan fingerprint density at radius 2 is 1.74 bits per heavy atom. The first-order chi connectivity index (χ1) is 14.8. The summed E-state index contributed by atoms with van der Waals surface area (Å²) in [7, 11) is 0. The molecule has 0 aliphatic rings. The number of anilines is 1. The van der Waals surface area contributed by atoms with Gasteiger partial charge in [0.05, 0.1) is 9.95 Å². The molecule has 3 aromatic rings.